The number of fused-ring (bicyclic) bond motifs is 1. The van der Waals surface area contributed by atoms with Gasteiger partial charge in [-0.3, -0.25) is 9.59 Å². The SMILES string of the molecule is Cc1ccc2c(c1)c(C(=O)N1CCN(c3cnc(C(=O)NCc4ccccc4)cn3)CC1)c(-c1ccccc1)n2C. The first-order valence-corrected chi connectivity index (χ1v) is 13.8. The molecule has 2 aromatic heterocycles. The van der Waals surface area contributed by atoms with Crippen LogP contribution in [-0.2, 0) is 13.6 Å². The average Bonchev–Trinajstić information content (AvgIpc) is 3.31. The Morgan fingerprint density at radius 2 is 1.56 bits per heavy atom. The predicted octanol–water partition coefficient (Wildman–Crippen LogP) is 4.84. The molecule has 0 aliphatic carbocycles. The van der Waals surface area contributed by atoms with Gasteiger partial charge in [-0.25, -0.2) is 9.97 Å². The van der Waals surface area contributed by atoms with Gasteiger partial charge in [0.2, 0.25) is 0 Å². The van der Waals surface area contributed by atoms with Crippen molar-refractivity contribution in [3.05, 3.63) is 114 Å². The Labute approximate surface area is 239 Å². The molecule has 1 saturated heterocycles. The third-order valence-electron chi connectivity index (χ3n) is 7.67. The highest BCUT2D eigenvalue weighted by molar-refractivity contribution is 6.13. The van der Waals surface area contributed by atoms with E-state index in [9.17, 15) is 9.59 Å². The first-order chi connectivity index (χ1) is 20.0. The molecule has 1 fully saturated rings. The van der Waals surface area contributed by atoms with E-state index in [-0.39, 0.29) is 17.5 Å². The molecule has 6 rings (SSSR count). The number of nitrogens with one attached hydrogen (secondary N) is 1. The first-order valence-electron chi connectivity index (χ1n) is 13.8. The lowest BCUT2D eigenvalue weighted by Gasteiger charge is -2.35. The maximum Gasteiger partial charge on any atom is 0.271 e. The van der Waals surface area contributed by atoms with Crippen molar-refractivity contribution in [3.8, 4) is 11.3 Å². The lowest BCUT2D eigenvalue weighted by Crippen LogP contribution is -2.49. The van der Waals surface area contributed by atoms with Gasteiger partial charge in [0.1, 0.15) is 11.5 Å². The molecule has 41 heavy (non-hydrogen) atoms. The average molecular weight is 545 g/mol. The molecule has 5 aromatic rings. The Bertz CT molecular complexity index is 1690. The van der Waals surface area contributed by atoms with Crippen LogP contribution in [0.3, 0.4) is 0 Å². The van der Waals surface area contributed by atoms with Crippen molar-refractivity contribution in [1.29, 1.82) is 0 Å². The normalized spacial score (nSPS) is 13.4. The molecule has 0 unspecified atom stereocenters. The van der Waals surface area contributed by atoms with E-state index in [0.717, 1.165) is 38.9 Å². The Balaban J connectivity index is 1.16. The molecule has 1 N–H and O–H groups in total. The van der Waals surface area contributed by atoms with Crippen LogP contribution in [0.25, 0.3) is 22.2 Å². The molecule has 0 radical (unpaired) electrons. The van der Waals surface area contributed by atoms with E-state index in [1.807, 2.05) is 60.5 Å². The highest BCUT2D eigenvalue weighted by Gasteiger charge is 2.29. The third kappa shape index (κ3) is 5.28. The van der Waals surface area contributed by atoms with E-state index in [1.54, 1.807) is 6.20 Å². The van der Waals surface area contributed by atoms with Gasteiger partial charge in [-0.2, -0.15) is 0 Å². The highest BCUT2D eigenvalue weighted by Crippen LogP contribution is 2.35. The van der Waals surface area contributed by atoms with E-state index in [0.29, 0.717) is 38.5 Å². The quantitative estimate of drug-likeness (QED) is 0.331. The highest BCUT2D eigenvalue weighted by atomic mass is 16.2. The van der Waals surface area contributed by atoms with Gasteiger partial charge in [0.05, 0.1) is 23.7 Å². The summed E-state index contributed by atoms with van der Waals surface area (Å²) in [5, 5.41) is 3.86. The number of rotatable bonds is 6. The molecule has 0 spiro atoms. The zero-order valence-corrected chi connectivity index (χ0v) is 23.2. The number of hydrogen-bond donors (Lipinski definition) is 1. The van der Waals surface area contributed by atoms with Crippen molar-refractivity contribution in [2.24, 2.45) is 7.05 Å². The number of aromatic nitrogens is 3. The zero-order valence-electron chi connectivity index (χ0n) is 23.2. The van der Waals surface area contributed by atoms with Crippen molar-refractivity contribution in [3.63, 3.8) is 0 Å². The lowest BCUT2D eigenvalue weighted by atomic mass is 10.0. The lowest BCUT2D eigenvalue weighted by molar-refractivity contribution is 0.0748. The van der Waals surface area contributed by atoms with Gasteiger partial charge >= 0.3 is 0 Å². The summed E-state index contributed by atoms with van der Waals surface area (Å²) in [6, 6.07) is 26.1. The fourth-order valence-corrected chi connectivity index (χ4v) is 5.48. The summed E-state index contributed by atoms with van der Waals surface area (Å²) in [5.41, 5.74) is 6.17. The molecule has 8 heteroatoms. The predicted molar refractivity (Wildman–Crippen MR) is 161 cm³/mol. The van der Waals surface area contributed by atoms with E-state index < -0.39 is 0 Å². The number of carbonyl (C=O) groups excluding carboxylic acids is 2. The molecule has 0 atom stereocenters. The van der Waals surface area contributed by atoms with Crippen molar-refractivity contribution < 1.29 is 9.59 Å². The fourth-order valence-electron chi connectivity index (χ4n) is 5.48. The summed E-state index contributed by atoms with van der Waals surface area (Å²) in [7, 11) is 2.03. The van der Waals surface area contributed by atoms with Gasteiger partial charge < -0.3 is 19.7 Å². The van der Waals surface area contributed by atoms with E-state index >= 15 is 0 Å². The Morgan fingerprint density at radius 3 is 2.24 bits per heavy atom. The minimum absolute atomic E-state index is 0.0382. The molecule has 3 aromatic carbocycles. The van der Waals surface area contributed by atoms with Crippen molar-refractivity contribution in [2.75, 3.05) is 31.1 Å². The minimum atomic E-state index is -0.261. The molecule has 0 saturated carbocycles. The van der Waals surface area contributed by atoms with Crippen molar-refractivity contribution in [2.45, 2.75) is 13.5 Å². The number of aryl methyl sites for hydroxylation is 2. The smallest absolute Gasteiger partial charge is 0.271 e. The van der Waals surface area contributed by atoms with Crippen molar-refractivity contribution in [1.82, 2.24) is 24.8 Å². The molecule has 3 heterocycles. The second-order valence-corrected chi connectivity index (χ2v) is 10.4. The number of hydrogen-bond acceptors (Lipinski definition) is 5. The van der Waals surface area contributed by atoms with Crippen molar-refractivity contribution >= 4 is 28.5 Å². The van der Waals surface area contributed by atoms with E-state index in [2.05, 4.69) is 62.0 Å². The maximum absolute atomic E-state index is 14.1. The molecular formula is C33H32N6O2. The number of benzene rings is 3. The second-order valence-electron chi connectivity index (χ2n) is 10.4. The zero-order chi connectivity index (χ0) is 28.3. The van der Waals surface area contributed by atoms with Gasteiger partial charge in [0, 0.05) is 50.7 Å². The summed E-state index contributed by atoms with van der Waals surface area (Å²) >= 11 is 0. The number of anilines is 1. The van der Waals surface area contributed by atoms with Gasteiger partial charge in [-0.15, -0.1) is 0 Å². The van der Waals surface area contributed by atoms with Crippen LogP contribution < -0.4 is 10.2 Å². The molecule has 206 valence electrons. The molecule has 2 amide bonds. The third-order valence-corrected chi connectivity index (χ3v) is 7.67. The minimum Gasteiger partial charge on any atom is -0.352 e. The summed E-state index contributed by atoms with van der Waals surface area (Å²) < 4.78 is 2.13. The second kappa shape index (κ2) is 11.3. The molecule has 1 aliphatic rings. The molecule has 0 bridgehead atoms. The maximum atomic E-state index is 14.1. The Morgan fingerprint density at radius 1 is 0.854 bits per heavy atom. The number of nitrogens with zero attached hydrogens (tertiary/aromatic N) is 5. The standard InChI is InChI=1S/C33H32N6O2/c1-23-13-14-28-26(19-23)30(31(37(28)2)25-11-7-4-8-12-25)33(41)39-17-15-38(16-18-39)29-22-34-27(21-35-29)32(40)36-20-24-9-5-3-6-10-24/h3-14,19,21-22H,15-18,20H2,1-2H3,(H,36,40). The summed E-state index contributed by atoms with van der Waals surface area (Å²) in [4.78, 5) is 39.5. The summed E-state index contributed by atoms with van der Waals surface area (Å²) in [6.45, 7) is 4.88. The van der Waals surface area contributed by atoms with Crippen LogP contribution in [0, 0.1) is 6.92 Å². The number of amides is 2. The summed E-state index contributed by atoms with van der Waals surface area (Å²) in [5.74, 6) is 0.474. The van der Waals surface area contributed by atoms with Crippen LogP contribution in [0.4, 0.5) is 5.82 Å². The number of piperazine rings is 1. The fraction of sp³-hybridized carbons (Fsp3) is 0.212. The number of carbonyl (C=O) groups is 2. The molecular weight excluding hydrogens is 512 g/mol. The largest absolute Gasteiger partial charge is 0.352 e. The summed E-state index contributed by atoms with van der Waals surface area (Å²) in [6.07, 6.45) is 3.15. The topological polar surface area (TPSA) is 83.4 Å². The van der Waals surface area contributed by atoms with Gasteiger partial charge in [0.25, 0.3) is 11.8 Å². The van der Waals surface area contributed by atoms with Crippen LogP contribution in [0.5, 0.6) is 0 Å². The first kappa shape index (κ1) is 26.3. The van der Waals surface area contributed by atoms with Gasteiger partial charge in [-0.1, -0.05) is 72.3 Å². The monoisotopic (exact) mass is 544 g/mol. The van der Waals surface area contributed by atoms with Crippen LogP contribution >= 0.6 is 0 Å². The van der Waals surface area contributed by atoms with E-state index in [1.165, 1.54) is 6.20 Å². The Hall–Kier alpha value is -4.98. The molecule has 1 aliphatic heterocycles. The van der Waals surface area contributed by atoms with Crippen LogP contribution in [-0.4, -0.2) is 57.4 Å². The van der Waals surface area contributed by atoms with E-state index in [4.69, 9.17) is 0 Å². The van der Waals surface area contributed by atoms with Crippen LogP contribution in [0.2, 0.25) is 0 Å². The van der Waals surface area contributed by atoms with Crippen LogP contribution in [0.15, 0.2) is 91.3 Å². The van der Waals surface area contributed by atoms with Gasteiger partial charge in [0.15, 0.2) is 0 Å². The Kier molecular flexibility index (Phi) is 7.20. The van der Waals surface area contributed by atoms with Gasteiger partial charge in [-0.05, 0) is 30.2 Å². The van der Waals surface area contributed by atoms with Crippen LogP contribution in [0.1, 0.15) is 32.0 Å². The molecule has 8 nitrogen and oxygen atoms in total.